The summed E-state index contributed by atoms with van der Waals surface area (Å²) in [5.41, 5.74) is 0.207. The average molecular weight is 252 g/mol. The van der Waals surface area contributed by atoms with Gasteiger partial charge in [-0.2, -0.15) is 0 Å². The van der Waals surface area contributed by atoms with Crippen LogP contribution in [0.3, 0.4) is 0 Å². The van der Waals surface area contributed by atoms with E-state index in [1.54, 1.807) is 0 Å². The fourth-order valence-corrected chi connectivity index (χ4v) is 3.63. The highest BCUT2D eigenvalue weighted by atomic mass is 16.5. The van der Waals surface area contributed by atoms with Crippen LogP contribution in [0.25, 0.3) is 0 Å². The quantitative estimate of drug-likeness (QED) is 0.618. The lowest BCUT2D eigenvalue weighted by molar-refractivity contribution is -0.151. The maximum atomic E-state index is 11.6. The lowest BCUT2D eigenvalue weighted by atomic mass is 9.70. The predicted octanol–water partition coefficient (Wildman–Crippen LogP) is 2.39. The zero-order valence-corrected chi connectivity index (χ0v) is 11.1. The summed E-state index contributed by atoms with van der Waals surface area (Å²) in [5, 5.41) is 8.47. The van der Waals surface area contributed by atoms with Gasteiger partial charge in [0.05, 0.1) is 0 Å². The van der Waals surface area contributed by atoms with Crippen LogP contribution >= 0.6 is 0 Å². The first kappa shape index (κ1) is 13.1. The van der Waals surface area contributed by atoms with E-state index in [0.29, 0.717) is 5.92 Å². The van der Waals surface area contributed by atoms with Crippen LogP contribution in [-0.2, 0) is 14.3 Å². The van der Waals surface area contributed by atoms with Crippen LogP contribution in [0.15, 0.2) is 12.2 Å². The normalized spacial score (nSPS) is 37.1. The molecule has 0 heterocycles. The molecular weight excluding hydrogens is 232 g/mol. The fraction of sp³-hybridized carbons (Fsp3) is 0.714. The highest BCUT2D eigenvalue weighted by Gasteiger charge is 2.62. The van der Waals surface area contributed by atoms with E-state index in [2.05, 4.69) is 20.8 Å². The molecule has 0 aromatic carbocycles. The van der Waals surface area contributed by atoms with Crippen molar-refractivity contribution in [3.63, 3.8) is 0 Å². The molecule has 3 atom stereocenters. The summed E-state index contributed by atoms with van der Waals surface area (Å²) in [4.78, 5) is 21.9. The molecule has 0 radical (unpaired) electrons. The first-order valence-electron chi connectivity index (χ1n) is 6.39. The first-order chi connectivity index (χ1) is 8.27. The lowest BCUT2D eigenvalue weighted by Gasteiger charge is -2.38. The molecule has 100 valence electrons. The van der Waals surface area contributed by atoms with Crippen LogP contribution in [0.5, 0.6) is 0 Å². The molecule has 4 heteroatoms. The molecule has 0 unspecified atom stereocenters. The smallest absolute Gasteiger partial charge is 0.331 e. The largest absolute Gasteiger partial charge is 0.478 e. The highest BCUT2D eigenvalue weighted by molar-refractivity contribution is 5.90. The van der Waals surface area contributed by atoms with Gasteiger partial charge in [-0.1, -0.05) is 20.8 Å². The van der Waals surface area contributed by atoms with E-state index < -0.39 is 11.9 Å². The SMILES string of the molecule is CC1(C)[C@@H]2CC[C@@]1(C)[C@H](OC(=O)/C=C\C(=O)O)C2. The minimum atomic E-state index is -1.13. The van der Waals surface area contributed by atoms with Crippen LogP contribution in [0.4, 0.5) is 0 Å². The number of carboxylic acid groups (broad SMARTS) is 1. The number of hydrogen-bond acceptors (Lipinski definition) is 3. The average Bonchev–Trinajstić information content (AvgIpc) is 2.59. The molecule has 2 bridgehead atoms. The number of fused-ring (bicyclic) bond motifs is 2. The Morgan fingerprint density at radius 2 is 1.94 bits per heavy atom. The van der Waals surface area contributed by atoms with E-state index in [-0.39, 0.29) is 16.9 Å². The monoisotopic (exact) mass is 252 g/mol. The van der Waals surface area contributed by atoms with Crippen molar-refractivity contribution in [1.82, 2.24) is 0 Å². The summed E-state index contributed by atoms with van der Waals surface area (Å²) in [7, 11) is 0. The molecular formula is C14H20O4. The van der Waals surface area contributed by atoms with E-state index >= 15 is 0 Å². The molecule has 2 saturated carbocycles. The van der Waals surface area contributed by atoms with Crippen molar-refractivity contribution in [3.8, 4) is 0 Å². The highest BCUT2D eigenvalue weighted by Crippen LogP contribution is 2.66. The summed E-state index contributed by atoms with van der Waals surface area (Å²) >= 11 is 0. The maximum absolute atomic E-state index is 11.6. The number of esters is 1. The predicted molar refractivity (Wildman–Crippen MR) is 65.9 cm³/mol. The third-order valence-corrected chi connectivity index (χ3v) is 5.33. The van der Waals surface area contributed by atoms with Gasteiger partial charge in [-0.15, -0.1) is 0 Å². The Hall–Kier alpha value is -1.32. The van der Waals surface area contributed by atoms with Crippen LogP contribution in [-0.4, -0.2) is 23.1 Å². The topological polar surface area (TPSA) is 63.6 Å². The minimum Gasteiger partial charge on any atom is -0.478 e. The van der Waals surface area contributed by atoms with Gasteiger partial charge in [0.2, 0.25) is 0 Å². The summed E-state index contributed by atoms with van der Waals surface area (Å²) < 4.78 is 5.45. The van der Waals surface area contributed by atoms with Gasteiger partial charge in [0.1, 0.15) is 6.10 Å². The van der Waals surface area contributed by atoms with Gasteiger partial charge in [0, 0.05) is 17.6 Å². The van der Waals surface area contributed by atoms with Crippen molar-refractivity contribution >= 4 is 11.9 Å². The molecule has 2 aliphatic rings. The summed E-state index contributed by atoms with van der Waals surface area (Å²) in [6, 6.07) is 0. The number of hydrogen-bond donors (Lipinski definition) is 1. The van der Waals surface area contributed by atoms with Gasteiger partial charge < -0.3 is 9.84 Å². The van der Waals surface area contributed by atoms with Crippen molar-refractivity contribution in [2.24, 2.45) is 16.7 Å². The lowest BCUT2D eigenvalue weighted by Crippen LogP contribution is -2.38. The van der Waals surface area contributed by atoms with Crippen LogP contribution in [0.1, 0.15) is 40.0 Å². The second kappa shape index (κ2) is 4.11. The zero-order chi connectivity index (χ0) is 13.6. The van der Waals surface area contributed by atoms with Crippen molar-refractivity contribution in [2.75, 3.05) is 0 Å². The van der Waals surface area contributed by atoms with Gasteiger partial charge in [-0.05, 0) is 30.6 Å². The van der Waals surface area contributed by atoms with Crippen molar-refractivity contribution < 1.29 is 19.4 Å². The number of ether oxygens (including phenoxy) is 1. The zero-order valence-electron chi connectivity index (χ0n) is 11.1. The second-order valence-corrected chi connectivity index (χ2v) is 6.21. The van der Waals surface area contributed by atoms with E-state index in [1.807, 2.05) is 0 Å². The molecule has 0 aromatic rings. The Balaban J connectivity index is 2.05. The van der Waals surface area contributed by atoms with Gasteiger partial charge in [0.15, 0.2) is 0 Å². The van der Waals surface area contributed by atoms with E-state index in [1.165, 1.54) is 6.42 Å². The Bertz CT molecular complexity index is 410. The van der Waals surface area contributed by atoms with E-state index in [4.69, 9.17) is 9.84 Å². The number of carbonyl (C=O) groups excluding carboxylic acids is 1. The number of rotatable bonds is 3. The minimum absolute atomic E-state index is 0.0182. The van der Waals surface area contributed by atoms with Crippen LogP contribution in [0, 0.1) is 16.7 Å². The maximum Gasteiger partial charge on any atom is 0.331 e. The molecule has 0 amide bonds. The molecule has 2 aliphatic carbocycles. The van der Waals surface area contributed by atoms with Gasteiger partial charge in [-0.25, -0.2) is 9.59 Å². The van der Waals surface area contributed by atoms with Crippen LogP contribution in [0.2, 0.25) is 0 Å². The Labute approximate surface area is 107 Å². The summed E-state index contributed by atoms with van der Waals surface area (Å²) in [6.07, 6.45) is 4.90. The molecule has 2 rings (SSSR count). The van der Waals surface area contributed by atoms with Gasteiger partial charge in [-0.3, -0.25) is 0 Å². The standard InChI is InChI=1S/C14H20O4/c1-13(2)9-6-7-14(13,3)10(8-9)18-12(17)5-4-11(15)16/h4-5,9-10H,6-8H2,1-3H3,(H,15,16)/b5-4-/t9-,10-,14+/m1/s1. The molecule has 0 spiro atoms. The Morgan fingerprint density at radius 1 is 1.28 bits per heavy atom. The molecule has 0 aliphatic heterocycles. The molecule has 2 fully saturated rings. The molecule has 4 nitrogen and oxygen atoms in total. The molecule has 0 aromatic heterocycles. The van der Waals surface area contributed by atoms with Crippen molar-refractivity contribution in [1.29, 1.82) is 0 Å². The van der Waals surface area contributed by atoms with Crippen LogP contribution < -0.4 is 0 Å². The summed E-state index contributed by atoms with van der Waals surface area (Å²) in [6.45, 7) is 6.66. The van der Waals surface area contributed by atoms with E-state index in [0.717, 1.165) is 25.0 Å². The van der Waals surface area contributed by atoms with Gasteiger partial charge in [0.25, 0.3) is 0 Å². The third-order valence-electron chi connectivity index (χ3n) is 5.33. The Kier molecular flexibility index (Phi) is 2.99. The second-order valence-electron chi connectivity index (χ2n) is 6.21. The van der Waals surface area contributed by atoms with E-state index in [9.17, 15) is 9.59 Å². The number of carboxylic acids is 1. The number of aliphatic carboxylic acids is 1. The molecule has 1 N–H and O–H groups in total. The molecule has 0 saturated heterocycles. The third kappa shape index (κ3) is 1.84. The fourth-order valence-electron chi connectivity index (χ4n) is 3.63. The number of carbonyl (C=O) groups is 2. The first-order valence-corrected chi connectivity index (χ1v) is 6.39. The Morgan fingerprint density at radius 3 is 2.39 bits per heavy atom. The van der Waals surface area contributed by atoms with Crippen molar-refractivity contribution in [2.45, 2.75) is 46.1 Å². The van der Waals surface area contributed by atoms with Gasteiger partial charge >= 0.3 is 11.9 Å². The van der Waals surface area contributed by atoms with Crippen molar-refractivity contribution in [3.05, 3.63) is 12.2 Å². The summed E-state index contributed by atoms with van der Waals surface area (Å²) in [5.74, 6) is -1.08. The molecule has 18 heavy (non-hydrogen) atoms.